The lowest BCUT2D eigenvalue weighted by Gasteiger charge is -2.23. The van der Waals surface area contributed by atoms with Crippen molar-refractivity contribution in [3.8, 4) is 5.75 Å². The van der Waals surface area contributed by atoms with Crippen molar-refractivity contribution in [2.75, 3.05) is 7.11 Å². The van der Waals surface area contributed by atoms with Gasteiger partial charge in [0.05, 0.1) is 19.2 Å². The van der Waals surface area contributed by atoms with Crippen molar-refractivity contribution < 1.29 is 9.53 Å². The molecule has 0 aliphatic heterocycles. The number of aromatic nitrogens is 1. The molecule has 3 aromatic carbocycles. The van der Waals surface area contributed by atoms with Crippen LogP contribution in [0.5, 0.6) is 5.75 Å². The first-order valence-corrected chi connectivity index (χ1v) is 11.0. The van der Waals surface area contributed by atoms with E-state index in [1.54, 1.807) is 36.3 Å². The molecule has 4 aromatic rings. The molecule has 4 rings (SSSR count). The summed E-state index contributed by atoms with van der Waals surface area (Å²) in [6.07, 6.45) is 0. The van der Waals surface area contributed by atoms with Crippen LogP contribution in [-0.2, 0) is 13.1 Å². The number of carbonyl (C=O) groups is 1. The van der Waals surface area contributed by atoms with Crippen LogP contribution >= 0.6 is 0 Å². The molecule has 33 heavy (non-hydrogen) atoms. The highest BCUT2D eigenvalue weighted by Gasteiger charge is 2.19. The van der Waals surface area contributed by atoms with Gasteiger partial charge in [-0.3, -0.25) is 9.59 Å². The van der Waals surface area contributed by atoms with Gasteiger partial charge in [0.1, 0.15) is 5.75 Å². The number of rotatable bonds is 6. The fourth-order valence-electron chi connectivity index (χ4n) is 4.08. The van der Waals surface area contributed by atoms with E-state index in [0.29, 0.717) is 23.4 Å². The Morgan fingerprint density at radius 3 is 2.24 bits per heavy atom. The fourth-order valence-corrected chi connectivity index (χ4v) is 4.08. The van der Waals surface area contributed by atoms with E-state index in [-0.39, 0.29) is 18.0 Å². The predicted molar refractivity (Wildman–Crippen MR) is 132 cm³/mol. The van der Waals surface area contributed by atoms with Crippen LogP contribution in [0, 0.1) is 20.8 Å². The lowest BCUT2D eigenvalue weighted by molar-refractivity contribution is 0.0729. The zero-order valence-electron chi connectivity index (χ0n) is 19.4. The molecule has 1 aromatic heterocycles. The van der Waals surface area contributed by atoms with Gasteiger partial charge in [-0.2, -0.15) is 0 Å². The largest absolute Gasteiger partial charge is 0.497 e. The number of hydrogen-bond donors (Lipinski definition) is 1. The number of methoxy groups -OCH3 is 1. The zero-order chi connectivity index (χ0) is 23.5. The Morgan fingerprint density at radius 1 is 0.879 bits per heavy atom. The highest BCUT2D eigenvalue weighted by Crippen LogP contribution is 2.21. The molecule has 0 aliphatic carbocycles. The quantitative estimate of drug-likeness (QED) is 0.442. The normalized spacial score (nSPS) is 10.9. The Hall–Kier alpha value is -3.86. The third-order valence-electron chi connectivity index (χ3n) is 5.85. The number of aromatic amines is 1. The van der Waals surface area contributed by atoms with Gasteiger partial charge in [0.2, 0.25) is 0 Å². The number of nitrogens with one attached hydrogen (secondary N) is 1. The number of aryl methyl sites for hydroxylation is 3. The molecule has 0 radical (unpaired) electrons. The Labute approximate surface area is 193 Å². The first kappa shape index (κ1) is 22.3. The van der Waals surface area contributed by atoms with Crippen molar-refractivity contribution in [1.82, 2.24) is 9.88 Å². The third kappa shape index (κ3) is 4.98. The monoisotopic (exact) mass is 440 g/mol. The Balaban J connectivity index is 1.72. The molecule has 0 aliphatic rings. The van der Waals surface area contributed by atoms with E-state index in [4.69, 9.17) is 4.74 Å². The Kier molecular flexibility index (Phi) is 6.31. The molecular weight excluding hydrogens is 412 g/mol. The second-order valence-corrected chi connectivity index (χ2v) is 8.55. The van der Waals surface area contributed by atoms with E-state index in [9.17, 15) is 9.59 Å². The Morgan fingerprint density at radius 2 is 1.58 bits per heavy atom. The SMILES string of the molecule is COc1ccc(C(=O)N(Cc2ccc(C)cc2)Cc2cc3cc(C)cc(C)c3[nH]c2=O)cc1. The average molecular weight is 441 g/mol. The highest BCUT2D eigenvalue weighted by molar-refractivity contribution is 5.94. The molecule has 5 nitrogen and oxygen atoms in total. The summed E-state index contributed by atoms with van der Waals surface area (Å²) < 4.78 is 5.22. The number of ether oxygens (including phenoxy) is 1. The number of hydrogen-bond acceptors (Lipinski definition) is 3. The molecule has 1 heterocycles. The molecule has 0 fully saturated rings. The molecule has 1 amide bonds. The predicted octanol–water partition coefficient (Wildman–Crippen LogP) is 5.30. The minimum absolute atomic E-state index is 0.141. The molecule has 168 valence electrons. The van der Waals surface area contributed by atoms with Gasteiger partial charge in [0.15, 0.2) is 0 Å². The van der Waals surface area contributed by atoms with Crippen LogP contribution in [0.25, 0.3) is 10.9 Å². The summed E-state index contributed by atoms with van der Waals surface area (Å²) in [5.41, 5.74) is 6.08. The van der Waals surface area contributed by atoms with Crippen LogP contribution in [0.3, 0.4) is 0 Å². The van der Waals surface area contributed by atoms with Gasteiger partial charge in [-0.15, -0.1) is 0 Å². The van der Waals surface area contributed by atoms with Crippen molar-refractivity contribution >= 4 is 16.8 Å². The van der Waals surface area contributed by atoms with Crippen LogP contribution in [0.2, 0.25) is 0 Å². The summed E-state index contributed by atoms with van der Waals surface area (Å²) in [6, 6.07) is 21.1. The zero-order valence-corrected chi connectivity index (χ0v) is 19.4. The summed E-state index contributed by atoms with van der Waals surface area (Å²) in [5.74, 6) is 0.548. The molecule has 0 saturated carbocycles. The number of nitrogens with zero attached hydrogens (tertiary/aromatic N) is 1. The molecule has 0 spiro atoms. The molecule has 0 bridgehead atoms. The van der Waals surface area contributed by atoms with Crippen LogP contribution < -0.4 is 10.3 Å². The summed E-state index contributed by atoms with van der Waals surface area (Å²) in [7, 11) is 1.59. The smallest absolute Gasteiger partial charge is 0.254 e. The maximum absolute atomic E-state index is 13.5. The van der Waals surface area contributed by atoms with E-state index in [1.165, 1.54) is 0 Å². The summed E-state index contributed by atoms with van der Waals surface area (Å²) in [4.78, 5) is 31.1. The maximum atomic E-state index is 13.5. The number of fused-ring (bicyclic) bond motifs is 1. The Bertz CT molecular complexity index is 1350. The van der Waals surface area contributed by atoms with Crippen molar-refractivity contribution in [3.63, 3.8) is 0 Å². The summed E-state index contributed by atoms with van der Waals surface area (Å²) >= 11 is 0. The van der Waals surface area contributed by atoms with Crippen molar-refractivity contribution in [1.29, 1.82) is 0 Å². The number of carbonyl (C=O) groups excluding carboxylic acids is 1. The second-order valence-electron chi connectivity index (χ2n) is 8.55. The first-order chi connectivity index (χ1) is 15.8. The molecule has 1 N–H and O–H groups in total. The van der Waals surface area contributed by atoms with Crippen LogP contribution in [0.4, 0.5) is 0 Å². The molecular formula is C28H28N2O3. The number of amides is 1. The van der Waals surface area contributed by atoms with Gasteiger partial charge in [-0.25, -0.2) is 0 Å². The average Bonchev–Trinajstić information content (AvgIpc) is 2.80. The molecule has 0 saturated heterocycles. The minimum atomic E-state index is -0.175. The van der Waals surface area contributed by atoms with E-state index in [2.05, 4.69) is 17.1 Å². The fraction of sp³-hybridized carbons (Fsp3) is 0.214. The number of benzene rings is 3. The van der Waals surface area contributed by atoms with E-state index < -0.39 is 0 Å². The lowest BCUT2D eigenvalue weighted by Crippen LogP contribution is -2.32. The van der Waals surface area contributed by atoms with Crippen LogP contribution in [-0.4, -0.2) is 22.9 Å². The standard InChI is InChI=1S/C28H28N2O3/c1-18-5-7-21(8-6-18)16-30(28(32)22-9-11-25(33-4)12-10-22)17-24-15-23-14-19(2)13-20(3)26(23)29-27(24)31/h5-15H,16-17H2,1-4H3,(H,29,31). The summed E-state index contributed by atoms with van der Waals surface area (Å²) in [6.45, 7) is 6.66. The topological polar surface area (TPSA) is 62.4 Å². The summed E-state index contributed by atoms with van der Waals surface area (Å²) in [5, 5.41) is 0.967. The second kappa shape index (κ2) is 9.33. The maximum Gasteiger partial charge on any atom is 0.254 e. The van der Waals surface area contributed by atoms with Gasteiger partial charge in [-0.1, -0.05) is 41.5 Å². The number of pyridine rings is 1. The third-order valence-corrected chi connectivity index (χ3v) is 5.85. The van der Waals surface area contributed by atoms with E-state index in [0.717, 1.165) is 33.2 Å². The van der Waals surface area contributed by atoms with E-state index in [1.807, 2.05) is 51.1 Å². The number of H-pyrrole nitrogens is 1. The van der Waals surface area contributed by atoms with Crippen LogP contribution in [0.15, 0.2) is 71.5 Å². The van der Waals surface area contributed by atoms with Crippen molar-refractivity contribution in [2.45, 2.75) is 33.9 Å². The van der Waals surface area contributed by atoms with Crippen molar-refractivity contribution in [2.24, 2.45) is 0 Å². The van der Waals surface area contributed by atoms with Gasteiger partial charge >= 0.3 is 0 Å². The van der Waals surface area contributed by atoms with Crippen molar-refractivity contribution in [3.05, 3.63) is 110 Å². The molecule has 0 atom stereocenters. The highest BCUT2D eigenvalue weighted by atomic mass is 16.5. The lowest BCUT2D eigenvalue weighted by atomic mass is 10.0. The van der Waals surface area contributed by atoms with Gasteiger partial charge < -0.3 is 14.6 Å². The first-order valence-electron chi connectivity index (χ1n) is 11.0. The van der Waals surface area contributed by atoms with Gasteiger partial charge in [0.25, 0.3) is 11.5 Å². The van der Waals surface area contributed by atoms with E-state index >= 15 is 0 Å². The van der Waals surface area contributed by atoms with Gasteiger partial charge in [-0.05, 0) is 73.7 Å². The molecule has 0 unspecified atom stereocenters. The van der Waals surface area contributed by atoms with Gasteiger partial charge in [0, 0.05) is 17.7 Å². The molecule has 5 heteroatoms. The minimum Gasteiger partial charge on any atom is -0.497 e. The van der Waals surface area contributed by atoms with Crippen LogP contribution in [0.1, 0.15) is 38.2 Å².